The van der Waals surface area contributed by atoms with Gasteiger partial charge in [-0.1, -0.05) is 0 Å². The fraction of sp³-hybridized carbons (Fsp3) is 0.929. The Hall–Kier alpha value is 0.259. The van der Waals surface area contributed by atoms with Crippen molar-refractivity contribution in [3.8, 4) is 0 Å². The molecule has 0 fully saturated rings. The molecule has 0 aliphatic carbocycles. The molecule has 0 amide bonds. The number of esters is 3. The van der Waals surface area contributed by atoms with Crippen LogP contribution in [0.5, 0.6) is 0 Å². The molecule has 0 aliphatic heterocycles. The minimum atomic E-state index is -3.41. The molecule has 0 aromatic rings. The van der Waals surface area contributed by atoms with Crippen LogP contribution < -0.4 is 0 Å². The van der Waals surface area contributed by atoms with Gasteiger partial charge in [-0.15, -0.1) is 0 Å². The quantitative estimate of drug-likeness (QED) is 0.0260. The zero-order valence-electron chi connectivity index (χ0n) is 34.9. The molecule has 0 aromatic carbocycles. The standard InChI is InChI=1S/C12H25.3C10H20O2S.Sn/c1-3-5-7-9-11-12-10-8-6-4-2;3*1-9(2)6-4-3-5-7-12-10(11)8-13;/h1,3-12H2,2H3;3*9,13H,3-8H2,1-2H3;/q;;;;+3/p-3. The topological polar surface area (TPSA) is 78.9 Å². The Morgan fingerprint density at radius 1 is 0.423 bits per heavy atom. The third-order valence-electron chi connectivity index (χ3n) is 9.13. The zero-order chi connectivity index (χ0) is 38.7. The van der Waals surface area contributed by atoms with Gasteiger partial charge in [0.15, 0.2) is 0 Å². The molecule has 308 valence electrons. The van der Waals surface area contributed by atoms with Gasteiger partial charge in [0.05, 0.1) is 0 Å². The molecule has 52 heavy (non-hydrogen) atoms. The van der Waals surface area contributed by atoms with Crippen LogP contribution in [0.1, 0.15) is 190 Å². The summed E-state index contributed by atoms with van der Waals surface area (Å²) in [5.74, 6) is 2.43. The molecule has 0 radical (unpaired) electrons. The van der Waals surface area contributed by atoms with Crippen LogP contribution in [-0.4, -0.2) is 69.2 Å². The summed E-state index contributed by atoms with van der Waals surface area (Å²) in [7, 11) is 5.20. The molecule has 10 heteroatoms. The number of hydrogen-bond acceptors (Lipinski definition) is 9. The average molecular weight is 898 g/mol. The normalized spacial score (nSPS) is 11.9. The van der Waals surface area contributed by atoms with E-state index in [9.17, 15) is 14.4 Å². The number of carbonyl (C=O) groups excluding carboxylic acids is 3. The Morgan fingerprint density at radius 2 is 0.712 bits per heavy atom. The third-order valence-corrected chi connectivity index (χ3v) is 47.7. The van der Waals surface area contributed by atoms with Crippen molar-refractivity contribution in [2.45, 2.75) is 194 Å². The number of ether oxygens (including phenoxy) is 3. The first-order valence-corrected chi connectivity index (χ1v) is 36.8. The van der Waals surface area contributed by atoms with Crippen LogP contribution in [0, 0.1) is 17.8 Å². The summed E-state index contributed by atoms with van der Waals surface area (Å²) in [4.78, 5) is 38.9. The van der Waals surface area contributed by atoms with E-state index in [1.165, 1.54) is 70.6 Å². The molecule has 0 bridgehead atoms. The van der Waals surface area contributed by atoms with Crippen molar-refractivity contribution < 1.29 is 28.6 Å². The monoisotopic (exact) mass is 898 g/mol. The van der Waals surface area contributed by atoms with Crippen LogP contribution in [0.2, 0.25) is 4.44 Å². The summed E-state index contributed by atoms with van der Waals surface area (Å²) in [6.07, 6.45) is 25.6. The summed E-state index contributed by atoms with van der Waals surface area (Å²) in [6, 6.07) is 0. The van der Waals surface area contributed by atoms with Crippen molar-refractivity contribution in [3.63, 3.8) is 0 Å². The van der Waals surface area contributed by atoms with Gasteiger partial charge in [0.25, 0.3) is 0 Å². The van der Waals surface area contributed by atoms with E-state index in [1.807, 2.05) is 0 Å². The first-order valence-electron chi connectivity index (χ1n) is 21.4. The number of unbranched alkanes of at least 4 members (excludes halogenated alkanes) is 15. The maximum atomic E-state index is 13.0. The van der Waals surface area contributed by atoms with Crippen LogP contribution in [0.15, 0.2) is 0 Å². The van der Waals surface area contributed by atoms with E-state index >= 15 is 0 Å². The molecular weight excluding hydrogens is 815 g/mol. The maximum absolute atomic E-state index is 13.0. The van der Waals surface area contributed by atoms with Gasteiger partial charge in [0.1, 0.15) is 0 Å². The van der Waals surface area contributed by atoms with Gasteiger partial charge in [-0.2, -0.15) is 0 Å². The molecule has 6 nitrogen and oxygen atoms in total. The van der Waals surface area contributed by atoms with E-state index in [0.717, 1.165) is 75.1 Å². The van der Waals surface area contributed by atoms with E-state index in [4.69, 9.17) is 14.2 Å². The number of rotatable bonds is 38. The van der Waals surface area contributed by atoms with Gasteiger partial charge < -0.3 is 0 Å². The van der Waals surface area contributed by atoms with E-state index in [0.29, 0.717) is 37.6 Å². The Balaban J connectivity index is 5.36. The predicted octanol–water partition coefficient (Wildman–Crippen LogP) is 13.3. The summed E-state index contributed by atoms with van der Waals surface area (Å²) in [5, 5.41) is 0. The second-order valence-corrected chi connectivity index (χ2v) is 49.6. The van der Waals surface area contributed by atoms with Crippen molar-refractivity contribution in [3.05, 3.63) is 0 Å². The molecule has 0 saturated heterocycles. The van der Waals surface area contributed by atoms with Gasteiger partial charge in [-0.05, 0) is 0 Å². The Kier molecular flexibility index (Phi) is 37.1. The predicted molar refractivity (Wildman–Crippen MR) is 233 cm³/mol. The molecule has 0 rings (SSSR count). The van der Waals surface area contributed by atoms with Gasteiger partial charge in [-0.3, -0.25) is 0 Å². The Labute approximate surface area is 334 Å². The molecule has 0 aromatic heterocycles. The van der Waals surface area contributed by atoms with Crippen molar-refractivity contribution in [1.29, 1.82) is 0 Å². The van der Waals surface area contributed by atoms with Crippen LogP contribution in [0.25, 0.3) is 0 Å². The molecule has 0 aliphatic rings. The first kappa shape index (κ1) is 52.3. The van der Waals surface area contributed by atoms with E-state index in [2.05, 4.69) is 48.5 Å². The van der Waals surface area contributed by atoms with Gasteiger partial charge in [-0.25, -0.2) is 0 Å². The summed E-state index contributed by atoms with van der Waals surface area (Å²) in [5.41, 5.74) is 0. The van der Waals surface area contributed by atoms with Crippen LogP contribution in [0.4, 0.5) is 0 Å². The summed E-state index contributed by atoms with van der Waals surface area (Å²) < 4.78 is 18.0. The van der Waals surface area contributed by atoms with Crippen molar-refractivity contribution in [2.24, 2.45) is 17.8 Å². The molecule has 0 unspecified atom stereocenters. The second-order valence-electron chi connectivity index (χ2n) is 15.9. The fourth-order valence-electron chi connectivity index (χ4n) is 5.85. The zero-order valence-corrected chi connectivity index (χ0v) is 40.2. The van der Waals surface area contributed by atoms with Crippen molar-refractivity contribution in [2.75, 3.05) is 37.1 Å². The van der Waals surface area contributed by atoms with Gasteiger partial charge >= 0.3 is 337 Å². The first-order chi connectivity index (χ1) is 25.0. The number of hydrogen-bond donors (Lipinski definition) is 0. The fourth-order valence-corrected chi connectivity index (χ4v) is 39.3. The van der Waals surface area contributed by atoms with Gasteiger partial charge in [0, 0.05) is 0 Å². The third kappa shape index (κ3) is 35.9. The van der Waals surface area contributed by atoms with Crippen molar-refractivity contribution >= 4 is 59.0 Å². The van der Waals surface area contributed by atoms with E-state index in [-0.39, 0.29) is 35.2 Å². The molecule has 0 saturated carbocycles. The van der Waals surface area contributed by atoms with Crippen LogP contribution in [-0.2, 0) is 28.6 Å². The van der Waals surface area contributed by atoms with Gasteiger partial charge in [0.2, 0.25) is 0 Å². The molecule has 0 heterocycles. The second kappa shape index (κ2) is 36.9. The molecular formula is C42H82O6S3Sn. The summed E-state index contributed by atoms with van der Waals surface area (Å²) in [6.45, 7) is 17.1. The van der Waals surface area contributed by atoms with E-state index < -0.39 is 14.2 Å². The minimum absolute atomic E-state index is 0.174. The van der Waals surface area contributed by atoms with E-state index in [1.54, 1.807) is 26.8 Å². The Morgan fingerprint density at radius 3 is 1.02 bits per heavy atom. The van der Waals surface area contributed by atoms with Crippen molar-refractivity contribution in [1.82, 2.24) is 0 Å². The summed E-state index contributed by atoms with van der Waals surface area (Å²) >= 11 is -3.41. The SMILES string of the molecule is CCCCCCCCCCC[CH2][Sn]([S]CC(=O)OCCCCCC(C)C)([S]CC(=O)OCCCCCC(C)C)[S]CC(=O)OCCCCCC(C)C. The molecule has 0 atom stereocenters. The Bertz CT molecular complexity index is 769. The number of carbonyl (C=O) groups is 3. The van der Waals surface area contributed by atoms with Crippen LogP contribution >= 0.6 is 26.8 Å². The van der Waals surface area contributed by atoms with Crippen LogP contribution in [0.3, 0.4) is 0 Å². The molecule has 0 spiro atoms. The molecule has 0 N–H and O–H groups in total. The average Bonchev–Trinajstić information content (AvgIpc) is 3.10.